The maximum Gasteiger partial charge on any atom is 0.326 e. The molecule has 0 saturated heterocycles. The second-order valence-electron chi connectivity index (χ2n) is 6.87. The number of carboxylic acids is 2. The predicted molar refractivity (Wildman–Crippen MR) is 103 cm³/mol. The van der Waals surface area contributed by atoms with Crippen LogP contribution >= 0.6 is 0 Å². The Hall–Kier alpha value is -3.22. The first kappa shape index (κ1) is 26.8. The van der Waals surface area contributed by atoms with Crippen molar-refractivity contribution in [1.29, 1.82) is 0 Å². The summed E-state index contributed by atoms with van der Waals surface area (Å²) in [5.74, 6) is -6.69. The molecule has 0 aromatic heterocycles. The van der Waals surface area contributed by atoms with E-state index >= 15 is 0 Å². The minimum Gasteiger partial charge on any atom is -0.481 e. The van der Waals surface area contributed by atoms with Crippen molar-refractivity contribution in [2.75, 3.05) is 0 Å². The van der Waals surface area contributed by atoms with Crippen LogP contribution in [0.1, 0.15) is 40.0 Å². The molecule has 5 atom stereocenters. The summed E-state index contributed by atoms with van der Waals surface area (Å²) in [4.78, 5) is 69.7. The van der Waals surface area contributed by atoms with Crippen molar-refractivity contribution >= 4 is 35.6 Å². The first-order chi connectivity index (χ1) is 13.8. The Kier molecular flexibility index (Phi) is 11.0. The molecular weight excluding hydrogens is 402 g/mol. The van der Waals surface area contributed by atoms with Gasteiger partial charge in [0, 0.05) is 0 Å². The third-order valence-electron chi connectivity index (χ3n) is 4.34. The zero-order valence-corrected chi connectivity index (χ0v) is 17.0. The number of carbonyl (C=O) groups excluding carboxylic acids is 4. The van der Waals surface area contributed by atoms with E-state index in [0.29, 0.717) is 6.42 Å². The number of nitrogens with two attached hydrogens (primary N) is 2. The van der Waals surface area contributed by atoms with Gasteiger partial charge in [-0.05, 0) is 12.8 Å². The van der Waals surface area contributed by atoms with Crippen molar-refractivity contribution < 1.29 is 39.0 Å². The minimum atomic E-state index is -1.70. The molecule has 0 spiro atoms. The standard InChI is InChI=1S/C17H29N5O8/c1-4-7(2)13(19)16(28)21-9(5-11(18)23)15(27)20-8(3)14(26)22-10(17(29)30)6-12(24)25/h7-10,13H,4-6,19H2,1-3H3,(H2,18,23)(H,20,27)(H,21,28)(H,22,26)(H,24,25)(H,29,30). The van der Waals surface area contributed by atoms with E-state index in [1.165, 1.54) is 6.92 Å². The summed E-state index contributed by atoms with van der Waals surface area (Å²) in [6.07, 6.45) is -0.828. The van der Waals surface area contributed by atoms with Crippen molar-refractivity contribution in [2.24, 2.45) is 17.4 Å². The Morgan fingerprint density at radius 3 is 1.80 bits per heavy atom. The molecule has 30 heavy (non-hydrogen) atoms. The highest BCUT2D eigenvalue weighted by Gasteiger charge is 2.30. The molecule has 13 heteroatoms. The number of hydrogen-bond donors (Lipinski definition) is 7. The third kappa shape index (κ3) is 9.32. The summed E-state index contributed by atoms with van der Waals surface area (Å²) in [5, 5.41) is 24.2. The number of nitrogens with one attached hydrogen (secondary N) is 3. The Morgan fingerprint density at radius 1 is 0.833 bits per heavy atom. The van der Waals surface area contributed by atoms with Crippen molar-refractivity contribution in [3.8, 4) is 0 Å². The van der Waals surface area contributed by atoms with Crippen LogP contribution in [0.2, 0.25) is 0 Å². The third-order valence-corrected chi connectivity index (χ3v) is 4.34. The van der Waals surface area contributed by atoms with Gasteiger partial charge in [0.2, 0.25) is 23.6 Å². The van der Waals surface area contributed by atoms with Crippen LogP contribution in [-0.2, 0) is 28.8 Å². The Morgan fingerprint density at radius 2 is 1.37 bits per heavy atom. The van der Waals surface area contributed by atoms with Crippen LogP contribution in [0, 0.1) is 5.92 Å². The van der Waals surface area contributed by atoms with E-state index in [1.807, 2.05) is 12.2 Å². The first-order valence-electron chi connectivity index (χ1n) is 9.19. The summed E-state index contributed by atoms with van der Waals surface area (Å²) in [5.41, 5.74) is 10.9. The van der Waals surface area contributed by atoms with Gasteiger partial charge in [-0.25, -0.2) is 4.79 Å². The van der Waals surface area contributed by atoms with Crippen LogP contribution in [-0.4, -0.2) is 69.9 Å². The van der Waals surface area contributed by atoms with Gasteiger partial charge in [-0.3, -0.25) is 24.0 Å². The van der Waals surface area contributed by atoms with Crippen LogP contribution in [0.5, 0.6) is 0 Å². The Labute approximate surface area is 172 Å². The Bertz CT molecular complexity index is 683. The molecule has 0 saturated carbocycles. The molecule has 0 rings (SSSR count). The molecule has 0 aromatic rings. The van der Waals surface area contributed by atoms with Crippen LogP contribution in [0.15, 0.2) is 0 Å². The average molecular weight is 431 g/mol. The van der Waals surface area contributed by atoms with Gasteiger partial charge in [0.05, 0.1) is 18.9 Å². The topological polar surface area (TPSA) is 231 Å². The number of hydrogen-bond acceptors (Lipinski definition) is 7. The SMILES string of the molecule is CCC(C)C(N)C(=O)NC(CC(N)=O)C(=O)NC(C)C(=O)NC(CC(=O)O)C(=O)O. The summed E-state index contributed by atoms with van der Waals surface area (Å²) in [6, 6.07) is -5.35. The second kappa shape index (κ2) is 12.4. The quantitative estimate of drug-likeness (QED) is 0.160. The summed E-state index contributed by atoms with van der Waals surface area (Å²) < 4.78 is 0. The van der Waals surface area contributed by atoms with Gasteiger partial charge >= 0.3 is 11.9 Å². The van der Waals surface area contributed by atoms with Gasteiger partial charge in [0.1, 0.15) is 18.1 Å². The molecule has 4 amide bonds. The van der Waals surface area contributed by atoms with E-state index in [2.05, 4.69) is 10.6 Å². The lowest BCUT2D eigenvalue weighted by Gasteiger charge is -2.24. The summed E-state index contributed by atoms with van der Waals surface area (Å²) in [7, 11) is 0. The molecule has 13 nitrogen and oxygen atoms in total. The number of aliphatic carboxylic acids is 2. The fourth-order valence-electron chi connectivity index (χ4n) is 2.24. The maximum absolute atomic E-state index is 12.4. The molecule has 0 radical (unpaired) electrons. The van der Waals surface area contributed by atoms with E-state index in [4.69, 9.17) is 21.7 Å². The van der Waals surface area contributed by atoms with Crippen molar-refractivity contribution in [3.05, 3.63) is 0 Å². The number of amides is 4. The van der Waals surface area contributed by atoms with E-state index in [0.717, 1.165) is 0 Å². The van der Waals surface area contributed by atoms with Crippen LogP contribution in [0.4, 0.5) is 0 Å². The number of rotatable bonds is 13. The number of primary amides is 1. The molecule has 0 heterocycles. The smallest absolute Gasteiger partial charge is 0.326 e. The van der Waals surface area contributed by atoms with Gasteiger partial charge in [0.15, 0.2) is 0 Å². The highest BCUT2D eigenvalue weighted by Crippen LogP contribution is 2.06. The van der Waals surface area contributed by atoms with Gasteiger partial charge in [0.25, 0.3) is 0 Å². The highest BCUT2D eigenvalue weighted by atomic mass is 16.4. The van der Waals surface area contributed by atoms with Gasteiger partial charge in [-0.15, -0.1) is 0 Å². The lowest BCUT2D eigenvalue weighted by atomic mass is 9.99. The van der Waals surface area contributed by atoms with Gasteiger partial charge in [-0.1, -0.05) is 20.3 Å². The molecule has 0 fully saturated rings. The first-order valence-corrected chi connectivity index (χ1v) is 9.19. The summed E-state index contributed by atoms with van der Waals surface area (Å²) >= 11 is 0. The molecule has 9 N–H and O–H groups in total. The van der Waals surface area contributed by atoms with E-state index in [-0.39, 0.29) is 5.92 Å². The normalized spacial score (nSPS) is 15.6. The molecule has 0 aliphatic carbocycles. The lowest BCUT2D eigenvalue weighted by Crippen LogP contribution is -2.57. The predicted octanol–water partition coefficient (Wildman–Crippen LogP) is -2.73. The number of carbonyl (C=O) groups is 6. The second-order valence-corrected chi connectivity index (χ2v) is 6.87. The fraction of sp³-hybridized carbons (Fsp3) is 0.647. The van der Waals surface area contributed by atoms with Crippen molar-refractivity contribution in [2.45, 2.75) is 64.2 Å². The maximum atomic E-state index is 12.4. The van der Waals surface area contributed by atoms with Crippen LogP contribution in [0.3, 0.4) is 0 Å². The van der Waals surface area contributed by atoms with Gasteiger partial charge in [-0.2, -0.15) is 0 Å². The molecule has 5 unspecified atom stereocenters. The number of carboxylic acid groups (broad SMARTS) is 2. The fourth-order valence-corrected chi connectivity index (χ4v) is 2.24. The zero-order chi connectivity index (χ0) is 23.6. The average Bonchev–Trinajstić information content (AvgIpc) is 2.64. The monoisotopic (exact) mass is 431 g/mol. The molecule has 0 aliphatic rings. The largest absolute Gasteiger partial charge is 0.481 e. The van der Waals surface area contributed by atoms with E-state index in [1.54, 1.807) is 6.92 Å². The lowest BCUT2D eigenvalue weighted by molar-refractivity contribution is -0.147. The zero-order valence-electron chi connectivity index (χ0n) is 17.0. The highest BCUT2D eigenvalue weighted by molar-refractivity contribution is 5.96. The minimum absolute atomic E-state index is 0.200. The van der Waals surface area contributed by atoms with E-state index in [9.17, 15) is 28.8 Å². The summed E-state index contributed by atoms with van der Waals surface area (Å²) in [6.45, 7) is 4.76. The van der Waals surface area contributed by atoms with Crippen molar-refractivity contribution in [3.63, 3.8) is 0 Å². The van der Waals surface area contributed by atoms with Crippen molar-refractivity contribution in [1.82, 2.24) is 16.0 Å². The molecule has 170 valence electrons. The molecule has 0 bridgehead atoms. The molecule has 0 aliphatic heterocycles. The Balaban J connectivity index is 5.14. The van der Waals surface area contributed by atoms with E-state index < -0.39 is 72.6 Å². The molecular formula is C17H29N5O8. The molecule has 0 aromatic carbocycles. The van der Waals surface area contributed by atoms with Gasteiger partial charge < -0.3 is 37.6 Å². The van der Waals surface area contributed by atoms with Crippen LogP contribution < -0.4 is 27.4 Å². The van der Waals surface area contributed by atoms with Crippen LogP contribution in [0.25, 0.3) is 0 Å².